The molecule has 1 aromatic heterocycles. The molecule has 0 unspecified atom stereocenters. The van der Waals surface area contributed by atoms with Gasteiger partial charge in [0, 0.05) is 31.0 Å². The van der Waals surface area contributed by atoms with E-state index in [1.807, 2.05) is 73.9 Å². The molecule has 1 atom stereocenters. The van der Waals surface area contributed by atoms with Crippen molar-refractivity contribution < 1.29 is 14.3 Å². The summed E-state index contributed by atoms with van der Waals surface area (Å²) in [6.07, 6.45) is 10.5. The Morgan fingerprint density at radius 3 is 2.45 bits per heavy atom. The van der Waals surface area contributed by atoms with E-state index in [2.05, 4.69) is 31.6 Å². The number of para-hydroxylation sites is 1. The van der Waals surface area contributed by atoms with Crippen LogP contribution in [0.15, 0.2) is 79.1 Å². The molecule has 2 aliphatic rings. The van der Waals surface area contributed by atoms with Crippen LogP contribution in [0.5, 0.6) is 5.75 Å². The molecule has 0 aliphatic carbocycles. The molecule has 0 radical (unpaired) electrons. The zero-order chi connectivity index (χ0) is 27.8. The summed E-state index contributed by atoms with van der Waals surface area (Å²) < 4.78 is 5.95. The maximum Gasteiger partial charge on any atom is 0.255 e. The molecular weight excluding hydrogens is 502 g/mol. The first-order valence-electron chi connectivity index (χ1n) is 14.0. The molecular formula is C32H37N5O3. The van der Waals surface area contributed by atoms with Crippen molar-refractivity contribution >= 4 is 11.8 Å². The summed E-state index contributed by atoms with van der Waals surface area (Å²) in [5.41, 5.74) is 2.14. The average molecular weight is 540 g/mol. The van der Waals surface area contributed by atoms with Gasteiger partial charge in [0.15, 0.2) is 0 Å². The molecule has 8 nitrogen and oxygen atoms in total. The van der Waals surface area contributed by atoms with Gasteiger partial charge in [-0.2, -0.15) is 0 Å². The van der Waals surface area contributed by atoms with Gasteiger partial charge in [0.25, 0.3) is 5.91 Å². The highest BCUT2D eigenvalue weighted by Gasteiger charge is 2.41. The largest absolute Gasteiger partial charge is 0.489 e. The lowest BCUT2D eigenvalue weighted by Crippen LogP contribution is -2.53. The number of piperidine rings is 1. The molecule has 0 saturated carbocycles. The molecule has 40 heavy (non-hydrogen) atoms. The second-order valence-corrected chi connectivity index (χ2v) is 10.7. The highest BCUT2D eigenvalue weighted by Crippen LogP contribution is 2.36. The zero-order valence-corrected chi connectivity index (χ0v) is 23.0. The van der Waals surface area contributed by atoms with Crippen molar-refractivity contribution in [2.24, 2.45) is 5.41 Å². The van der Waals surface area contributed by atoms with E-state index < -0.39 is 5.41 Å². The third-order valence-corrected chi connectivity index (χ3v) is 7.85. The van der Waals surface area contributed by atoms with Crippen LogP contribution in [0, 0.1) is 12.3 Å². The Balaban J connectivity index is 1.35. The van der Waals surface area contributed by atoms with Crippen LogP contribution < -0.4 is 15.4 Å². The fourth-order valence-electron chi connectivity index (χ4n) is 5.44. The number of allylic oxidation sites excluding steroid dienone is 1. The molecule has 0 bridgehead atoms. The fourth-order valence-corrected chi connectivity index (χ4v) is 5.44. The first-order valence-corrected chi connectivity index (χ1v) is 14.0. The van der Waals surface area contributed by atoms with Crippen molar-refractivity contribution in [3.05, 3.63) is 102 Å². The molecule has 208 valence electrons. The molecule has 1 fully saturated rings. The third-order valence-electron chi connectivity index (χ3n) is 7.85. The second-order valence-electron chi connectivity index (χ2n) is 10.7. The number of carbonyl (C=O) groups excluding carboxylic acids is 2. The Morgan fingerprint density at radius 2 is 1.68 bits per heavy atom. The van der Waals surface area contributed by atoms with Crippen LogP contribution in [0.2, 0.25) is 0 Å². The SMILES string of the molecule is Cc1ncc(CN2CCC3(CC=CCOc4ccccc4C(=O)NC[C@@H](Cc4ccccc4)NC3=O)CC2)cn1. The summed E-state index contributed by atoms with van der Waals surface area (Å²) in [6.45, 7) is 4.91. The number of hydrogen-bond acceptors (Lipinski definition) is 6. The Morgan fingerprint density at radius 1 is 0.950 bits per heavy atom. The van der Waals surface area contributed by atoms with Crippen LogP contribution in [0.1, 0.15) is 46.6 Å². The quantitative estimate of drug-likeness (QED) is 0.489. The number of amides is 2. The minimum atomic E-state index is -0.530. The Bertz CT molecular complexity index is 1320. The van der Waals surface area contributed by atoms with E-state index in [0.717, 1.165) is 49.4 Å². The van der Waals surface area contributed by atoms with Gasteiger partial charge in [-0.25, -0.2) is 9.97 Å². The van der Waals surface area contributed by atoms with Gasteiger partial charge in [0.05, 0.1) is 17.0 Å². The lowest BCUT2D eigenvalue weighted by molar-refractivity contribution is -0.134. The number of rotatable bonds is 4. The highest BCUT2D eigenvalue weighted by molar-refractivity contribution is 5.97. The van der Waals surface area contributed by atoms with Crippen molar-refractivity contribution in [1.82, 2.24) is 25.5 Å². The number of aryl methyl sites for hydroxylation is 1. The lowest BCUT2D eigenvalue weighted by Gasteiger charge is -2.41. The fraction of sp³-hybridized carbons (Fsp3) is 0.375. The number of nitrogens with one attached hydrogen (secondary N) is 2. The second kappa shape index (κ2) is 12.9. The van der Waals surface area contributed by atoms with E-state index in [1.54, 1.807) is 6.07 Å². The number of carbonyl (C=O) groups is 2. The zero-order valence-electron chi connectivity index (χ0n) is 23.0. The van der Waals surface area contributed by atoms with E-state index in [0.29, 0.717) is 37.3 Å². The standard InChI is InChI=1S/C32H37N5O3/c1-24-33-20-26(21-34-24)23-37-16-14-32(15-17-37)13-7-8-18-40-29-12-6-5-11-28(29)30(38)35-22-27(36-31(32)39)19-25-9-3-2-4-10-25/h2-12,20-21,27H,13-19,22-23H2,1H3,(H,35,38)(H,36,39)/t27-/m1/s1. The van der Waals surface area contributed by atoms with Gasteiger partial charge >= 0.3 is 0 Å². The van der Waals surface area contributed by atoms with E-state index in [9.17, 15) is 9.59 Å². The smallest absolute Gasteiger partial charge is 0.255 e. The minimum Gasteiger partial charge on any atom is -0.489 e. The summed E-state index contributed by atoms with van der Waals surface area (Å²) in [6, 6.07) is 17.1. The monoisotopic (exact) mass is 539 g/mol. The minimum absolute atomic E-state index is 0.0454. The van der Waals surface area contributed by atoms with Gasteiger partial charge in [-0.1, -0.05) is 54.6 Å². The normalized spacial score (nSPS) is 20.1. The summed E-state index contributed by atoms with van der Waals surface area (Å²) in [4.78, 5) is 38.1. The van der Waals surface area contributed by atoms with Gasteiger partial charge in [-0.3, -0.25) is 14.5 Å². The van der Waals surface area contributed by atoms with E-state index in [4.69, 9.17) is 4.74 Å². The number of fused-ring (bicyclic) bond motifs is 1. The summed E-state index contributed by atoms with van der Waals surface area (Å²) in [7, 11) is 0. The van der Waals surface area contributed by atoms with Crippen LogP contribution >= 0.6 is 0 Å². The van der Waals surface area contributed by atoms with E-state index >= 15 is 0 Å². The maximum absolute atomic E-state index is 14.0. The molecule has 2 amide bonds. The first-order chi connectivity index (χ1) is 19.5. The molecule has 2 aliphatic heterocycles. The van der Waals surface area contributed by atoms with Gasteiger partial charge in [0.1, 0.15) is 18.2 Å². The van der Waals surface area contributed by atoms with Gasteiger partial charge < -0.3 is 15.4 Å². The van der Waals surface area contributed by atoms with E-state index in [1.165, 1.54) is 0 Å². The van der Waals surface area contributed by atoms with Gasteiger partial charge in [-0.15, -0.1) is 0 Å². The molecule has 2 N–H and O–H groups in total. The first kappa shape index (κ1) is 27.5. The molecule has 1 saturated heterocycles. The highest BCUT2D eigenvalue weighted by atomic mass is 16.5. The summed E-state index contributed by atoms with van der Waals surface area (Å²) >= 11 is 0. The van der Waals surface area contributed by atoms with Crippen LogP contribution in [-0.2, 0) is 17.8 Å². The predicted molar refractivity (Wildman–Crippen MR) is 154 cm³/mol. The van der Waals surface area contributed by atoms with Crippen LogP contribution in [0.3, 0.4) is 0 Å². The summed E-state index contributed by atoms with van der Waals surface area (Å²) in [5.74, 6) is 1.14. The van der Waals surface area contributed by atoms with Gasteiger partial charge in [0.2, 0.25) is 5.91 Å². The Labute approximate surface area is 235 Å². The van der Waals surface area contributed by atoms with Gasteiger partial charge in [-0.05, 0) is 63.4 Å². The lowest BCUT2D eigenvalue weighted by atomic mass is 9.74. The number of nitrogens with zero attached hydrogens (tertiary/aromatic N) is 3. The average Bonchev–Trinajstić information content (AvgIpc) is 2.98. The van der Waals surface area contributed by atoms with Crippen molar-refractivity contribution in [2.45, 2.75) is 45.2 Å². The number of benzene rings is 2. The van der Waals surface area contributed by atoms with Crippen molar-refractivity contribution in [3.63, 3.8) is 0 Å². The Hall–Kier alpha value is -4.04. The van der Waals surface area contributed by atoms with Crippen molar-refractivity contribution in [3.8, 4) is 5.75 Å². The van der Waals surface area contributed by atoms with Crippen LogP contribution in [0.25, 0.3) is 0 Å². The predicted octanol–water partition coefficient (Wildman–Crippen LogP) is 3.86. The molecule has 5 rings (SSSR count). The van der Waals surface area contributed by atoms with E-state index in [-0.39, 0.29) is 17.9 Å². The molecule has 3 aromatic rings. The molecule has 2 aromatic carbocycles. The van der Waals surface area contributed by atoms with Crippen molar-refractivity contribution in [1.29, 1.82) is 0 Å². The number of likely N-dealkylation sites (tertiary alicyclic amines) is 1. The number of hydrogen-bond donors (Lipinski definition) is 2. The third kappa shape index (κ3) is 6.93. The Kier molecular flexibility index (Phi) is 8.86. The van der Waals surface area contributed by atoms with Crippen LogP contribution in [0.4, 0.5) is 0 Å². The number of aromatic nitrogens is 2. The molecule has 8 heteroatoms. The summed E-state index contributed by atoms with van der Waals surface area (Å²) in [5, 5.41) is 6.38. The molecule has 1 spiro atoms. The van der Waals surface area contributed by atoms with Crippen molar-refractivity contribution in [2.75, 3.05) is 26.2 Å². The topological polar surface area (TPSA) is 96.5 Å². The van der Waals surface area contributed by atoms with Crippen LogP contribution in [-0.4, -0.2) is 59.0 Å². The number of ether oxygens (including phenoxy) is 1. The maximum atomic E-state index is 14.0. The molecule has 3 heterocycles.